The van der Waals surface area contributed by atoms with E-state index in [0.717, 1.165) is 25.3 Å². The van der Waals surface area contributed by atoms with Crippen molar-refractivity contribution < 1.29 is 4.74 Å². The number of nitrogens with zero attached hydrogens (tertiary/aromatic N) is 1. The highest BCUT2D eigenvalue weighted by atomic mass is 16.5. The predicted octanol–water partition coefficient (Wildman–Crippen LogP) is 3.47. The molecule has 1 atom stereocenters. The molecule has 0 spiro atoms. The van der Waals surface area contributed by atoms with Crippen molar-refractivity contribution in [3.63, 3.8) is 0 Å². The van der Waals surface area contributed by atoms with Crippen LogP contribution in [-0.2, 0) is 0 Å². The first kappa shape index (κ1) is 17.0. The van der Waals surface area contributed by atoms with E-state index in [1.54, 1.807) is 0 Å². The van der Waals surface area contributed by atoms with Gasteiger partial charge >= 0.3 is 0 Å². The van der Waals surface area contributed by atoms with Crippen LogP contribution in [0.4, 0.5) is 0 Å². The smallest absolute Gasteiger partial charge is 0.119 e. The van der Waals surface area contributed by atoms with Gasteiger partial charge in [-0.2, -0.15) is 0 Å². The van der Waals surface area contributed by atoms with Gasteiger partial charge in [-0.05, 0) is 59.0 Å². The number of likely N-dealkylation sites (N-methyl/N-ethyl adjacent to an activating group) is 1. The molecular weight excluding hydrogens is 248 g/mol. The molecule has 0 aromatic heterocycles. The van der Waals surface area contributed by atoms with Gasteiger partial charge in [0.2, 0.25) is 0 Å². The molecule has 0 saturated heterocycles. The number of ether oxygens (including phenoxy) is 1. The maximum absolute atomic E-state index is 5.61. The van der Waals surface area contributed by atoms with Crippen molar-refractivity contribution in [3.8, 4) is 5.75 Å². The lowest BCUT2D eigenvalue weighted by Gasteiger charge is -2.34. The van der Waals surface area contributed by atoms with Crippen molar-refractivity contribution in [2.24, 2.45) is 0 Å². The zero-order valence-corrected chi connectivity index (χ0v) is 13.9. The first-order valence-corrected chi connectivity index (χ1v) is 7.50. The van der Waals surface area contributed by atoms with E-state index in [0.29, 0.717) is 6.04 Å². The summed E-state index contributed by atoms with van der Waals surface area (Å²) in [5.41, 5.74) is 1.45. The fourth-order valence-corrected chi connectivity index (χ4v) is 1.75. The molecule has 0 heterocycles. The van der Waals surface area contributed by atoms with Gasteiger partial charge in [-0.1, -0.05) is 19.1 Å². The van der Waals surface area contributed by atoms with Gasteiger partial charge in [0.15, 0.2) is 0 Å². The van der Waals surface area contributed by atoms with Crippen LogP contribution in [0.1, 0.15) is 45.7 Å². The van der Waals surface area contributed by atoms with Gasteiger partial charge in [-0.25, -0.2) is 0 Å². The van der Waals surface area contributed by atoms with E-state index in [9.17, 15) is 0 Å². The lowest BCUT2D eigenvalue weighted by Crippen LogP contribution is -2.47. The van der Waals surface area contributed by atoms with Crippen molar-refractivity contribution in [1.29, 1.82) is 0 Å². The SMILES string of the molecule is CCCOc1ccc(C(C)NCC(C)(C)N(C)C)cc1. The van der Waals surface area contributed by atoms with Gasteiger partial charge in [0.05, 0.1) is 6.61 Å². The Bertz CT molecular complexity index is 384. The molecule has 0 fully saturated rings. The predicted molar refractivity (Wildman–Crippen MR) is 86.4 cm³/mol. The minimum absolute atomic E-state index is 0.151. The maximum Gasteiger partial charge on any atom is 0.119 e. The molecule has 0 aliphatic rings. The molecule has 0 saturated carbocycles. The molecule has 20 heavy (non-hydrogen) atoms. The summed E-state index contributed by atoms with van der Waals surface area (Å²) in [5, 5.41) is 3.60. The summed E-state index contributed by atoms with van der Waals surface area (Å²) in [5.74, 6) is 0.955. The summed E-state index contributed by atoms with van der Waals surface area (Å²) in [7, 11) is 4.23. The van der Waals surface area contributed by atoms with E-state index < -0.39 is 0 Å². The Hall–Kier alpha value is -1.06. The number of hydrogen-bond acceptors (Lipinski definition) is 3. The fraction of sp³-hybridized carbons (Fsp3) is 0.647. The van der Waals surface area contributed by atoms with Crippen LogP contribution in [0, 0.1) is 0 Å². The molecule has 3 nitrogen and oxygen atoms in total. The Morgan fingerprint density at radius 3 is 2.30 bits per heavy atom. The molecule has 0 radical (unpaired) electrons. The van der Waals surface area contributed by atoms with Crippen molar-refractivity contribution in [3.05, 3.63) is 29.8 Å². The molecule has 0 amide bonds. The van der Waals surface area contributed by atoms with Gasteiger partial charge in [0.1, 0.15) is 5.75 Å². The number of hydrogen-bond donors (Lipinski definition) is 1. The Labute approximate surface area is 124 Å². The largest absolute Gasteiger partial charge is 0.494 e. The van der Waals surface area contributed by atoms with E-state index in [1.165, 1.54) is 5.56 Å². The molecule has 0 bridgehead atoms. The van der Waals surface area contributed by atoms with Crippen LogP contribution in [-0.4, -0.2) is 37.7 Å². The van der Waals surface area contributed by atoms with Crippen LogP contribution in [0.3, 0.4) is 0 Å². The standard InChI is InChI=1S/C17H30N2O/c1-7-12-20-16-10-8-15(9-11-16)14(2)18-13-17(3,4)19(5)6/h8-11,14,18H,7,12-13H2,1-6H3. The minimum atomic E-state index is 0.151. The van der Waals surface area contributed by atoms with E-state index in [1.807, 2.05) is 0 Å². The van der Waals surface area contributed by atoms with Gasteiger partial charge < -0.3 is 15.0 Å². The van der Waals surface area contributed by atoms with Gasteiger partial charge in [0.25, 0.3) is 0 Å². The second-order valence-corrected chi connectivity index (χ2v) is 6.23. The number of nitrogens with one attached hydrogen (secondary N) is 1. The third kappa shape index (κ3) is 5.14. The average molecular weight is 278 g/mol. The molecule has 3 heteroatoms. The van der Waals surface area contributed by atoms with Crippen LogP contribution in [0.25, 0.3) is 0 Å². The highest BCUT2D eigenvalue weighted by Crippen LogP contribution is 2.19. The summed E-state index contributed by atoms with van der Waals surface area (Å²) in [6, 6.07) is 8.74. The van der Waals surface area contributed by atoms with E-state index in [2.05, 4.69) is 76.3 Å². The normalized spacial score (nSPS) is 13.6. The average Bonchev–Trinajstić information content (AvgIpc) is 2.43. The molecule has 1 N–H and O–H groups in total. The van der Waals surface area contributed by atoms with Crippen molar-refractivity contribution in [2.75, 3.05) is 27.2 Å². The fourth-order valence-electron chi connectivity index (χ4n) is 1.75. The Morgan fingerprint density at radius 1 is 1.20 bits per heavy atom. The molecule has 1 unspecified atom stereocenters. The molecule has 114 valence electrons. The van der Waals surface area contributed by atoms with Crippen LogP contribution >= 0.6 is 0 Å². The zero-order valence-electron chi connectivity index (χ0n) is 13.9. The topological polar surface area (TPSA) is 24.5 Å². The molecule has 0 aliphatic heterocycles. The second kappa shape index (κ2) is 7.65. The van der Waals surface area contributed by atoms with Gasteiger partial charge in [0, 0.05) is 18.1 Å². The summed E-state index contributed by atoms with van der Waals surface area (Å²) < 4.78 is 5.61. The van der Waals surface area contributed by atoms with Crippen molar-refractivity contribution in [2.45, 2.75) is 45.7 Å². The van der Waals surface area contributed by atoms with Gasteiger partial charge in [-0.3, -0.25) is 0 Å². The van der Waals surface area contributed by atoms with E-state index in [4.69, 9.17) is 4.74 Å². The summed E-state index contributed by atoms with van der Waals surface area (Å²) in [4.78, 5) is 2.24. The highest BCUT2D eigenvalue weighted by molar-refractivity contribution is 5.28. The number of benzene rings is 1. The Morgan fingerprint density at radius 2 is 1.80 bits per heavy atom. The Kier molecular flexibility index (Phi) is 6.50. The summed E-state index contributed by atoms with van der Waals surface area (Å²) in [6.45, 7) is 10.5. The molecule has 0 aliphatic carbocycles. The zero-order chi connectivity index (χ0) is 15.2. The third-order valence-corrected chi connectivity index (χ3v) is 3.90. The highest BCUT2D eigenvalue weighted by Gasteiger charge is 2.20. The molecular formula is C17H30N2O. The Balaban J connectivity index is 2.53. The van der Waals surface area contributed by atoms with E-state index in [-0.39, 0.29) is 5.54 Å². The third-order valence-electron chi connectivity index (χ3n) is 3.90. The molecule has 1 aromatic rings. The summed E-state index contributed by atoms with van der Waals surface area (Å²) >= 11 is 0. The number of rotatable bonds is 8. The van der Waals surface area contributed by atoms with Crippen LogP contribution < -0.4 is 10.1 Å². The lowest BCUT2D eigenvalue weighted by atomic mass is 10.0. The molecule has 1 rings (SSSR count). The van der Waals surface area contributed by atoms with Gasteiger partial charge in [-0.15, -0.1) is 0 Å². The summed E-state index contributed by atoms with van der Waals surface area (Å²) in [6.07, 6.45) is 1.04. The van der Waals surface area contributed by atoms with E-state index >= 15 is 0 Å². The lowest BCUT2D eigenvalue weighted by molar-refractivity contribution is 0.185. The first-order chi connectivity index (χ1) is 9.36. The monoisotopic (exact) mass is 278 g/mol. The van der Waals surface area contributed by atoms with Crippen molar-refractivity contribution in [1.82, 2.24) is 10.2 Å². The van der Waals surface area contributed by atoms with Crippen LogP contribution in [0.15, 0.2) is 24.3 Å². The first-order valence-electron chi connectivity index (χ1n) is 7.50. The second-order valence-electron chi connectivity index (χ2n) is 6.23. The molecule has 1 aromatic carbocycles. The minimum Gasteiger partial charge on any atom is -0.494 e. The van der Waals surface area contributed by atoms with Crippen molar-refractivity contribution >= 4 is 0 Å². The maximum atomic E-state index is 5.61. The van der Waals surface area contributed by atoms with Crippen LogP contribution in [0.2, 0.25) is 0 Å². The quantitative estimate of drug-likeness (QED) is 0.788. The van der Waals surface area contributed by atoms with Crippen LogP contribution in [0.5, 0.6) is 5.75 Å².